The van der Waals surface area contributed by atoms with Gasteiger partial charge < -0.3 is 5.32 Å². The zero-order valence-corrected chi connectivity index (χ0v) is 13.1. The van der Waals surface area contributed by atoms with E-state index in [2.05, 4.69) is 53.8 Å². The number of benzene rings is 2. The number of Topliss-reactive ketones (excluding diaryl/α,β-unsaturated/α-hetero) is 1. The maximum Gasteiger partial charge on any atom is 0.144 e. The summed E-state index contributed by atoms with van der Waals surface area (Å²) in [6, 6.07) is 21.1. The predicted molar refractivity (Wildman–Crippen MR) is 90.8 cm³/mol. The van der Waals surface area contributed by atoms with Gasteiger partial charge in [0.25, 0.3) is 0 Å². The van der Waals surface area contributed by atoms with Crippen molar-refractivity contribution in [1.82, 2.24) is 5.32 Å². The summed E-state index contributed by atoms with van der Waals surface area (Å²) in [4.78, 5) is 12.9. The molecule has 2 aliphatic rings. The van der Waals surface area contributed by atoms with Crippen molar-refractivity contribution in [3.05, 3.63) is 71.8 Å². The van der Waals surface area contributed by atoms with Crippen molar-refractivity contribution in [2.24, 2.45) is 11.8 Å². The molecule has 0 saturated carbocycles. The Hall–Kier alpha value is -1.58. The van der Waals surface area contributed by atoms with Crippen LogP contribution < -0.4 is 5.32 Å². The number of carbonyl (C=O) groups is 1. The van der Waals surface area contributed by atoms with Gasteiger partial charge in [-0.1, -0.05) is 60.7 Å². The second kappa shape index (κ2) is 5.90. The third-order valence-corrected chi connectivity index (χ3v) is 6.00. The van der Waals surface area contributed by atoms with E-state index in [-0.39, 0.29) is 23.9 Å². The SMILES string of the molecule is O=C1[C@H]2CSC[C@H]1[C@H](c1ccccc1)N[C@@H]2c1ccccc1. The number of carbonyl (C=O) groups excluding carboxylic acids is 1. The molecule has 2 nitrogen and oxygen atoms in total. The highest BCUT2D eigenvalue weighted by atomic mass is 32.2. The molecular formula is C19H19NOS. The first-order valence-electron chi connectivity index (χ1n) is 7.82. The Morgan fingerprint density at radius 3 is 1.68 bits per heavy atom. The van der Waals surface area contributed by atoms with Crippen molar-refractivity contribution in [2.75, 3.05) is 11.5 Å². The number of rotatable bonds is 2. The standard InChI is InChI=1S/C19H19NOS/c21-19-15-11-22-12-16(19)18(14-9-5-2-6-10-14)20-17(15)13-7-3-1-4-8-13/h1-10,15-18,20H,11-12H2/t15-,16-,17-,18+/m0/s1. The van der Waals surface area contributed by atoms with Gasteiger partial charge in [-0.2, -0.15) is 11.8 Å². The largest absolute Gasteiger partial charge is 0.302 e. The molecule has 2 saturated heterocycles. The Balaban J connectivity index is 1.73. The number of nitrogens with one attached hydrogen (secondary N) is 1. The molecule has 4 atom stereocenters. The second-order valence-corrected chi connectivity index (χ2v) is 7.17. The van der Waals surface area contributed by atoms with Crippen LogP contribution in [0, 0.1) is 11.8 Å². The molecule has 0 aromatic heterocycles. The molecule has 0 spiro atoms. The molecule has 22 heavy (non-hydrogen) atoms. The molecule has 0 unspecified atom stereocenters. The van der Waals surface area contributed by atoms with Gasteiger partial charge >= 0.3 is 0 Å². The molecule has 2 aromatic carbocycles. The summed E-state index contributed by atoms with van der Waals surface area (Å²) in [6.07, 6.45) is 0. The highest BCUT2D eigenvalue weighted by Gasteiger charge is 2.46. The molecule has 2 fully saturated rings. The molecule has 0 amide bonds. The quantitative estimate of drug-likeness (QED) is 0.918. The lowest BCUT2D eigenvalue weighted by Gasteiger charge is -2.45. The highest BCUT2D eigenvalue weighted by Crippen LogP contribution is 2.44. The fourth-order valence-electron chi connectivity index (χ4n) is 3.69. The van der Waals surface area contributed by atoms with Gasteiger partial charge in [-0.25, -0.2) is 0 Å². The predicted octanol–water partition coefficient (Wildman–Crippen LogP) is 3.62. The minimum Gasteiger partial charge on any atom is -0.302 e. The van der Waals surface area contributed by atoms with Crippen molar-refractivity contribution in [3.63, 3.8) is 0 Å². The number of fused-ring (bicyclic) bond motifs is 2. The monoisotopic (exact) mass is 309 g/mol. The third kappa shape index (κ3) is 2.38. The van der Waals surface area contributed by atoms with E-state index < -0.39 is 0 Å². The van der Waals surface area contributed by atoms with Crippen LogP contribution in [0.25, 0.3) is 0 Å². The second-order valence-electron chi connectivity index (χ2n) is 6.10. The number of hydrogen-bond donors (Lipinski definition) is 1. The molecule has 0 radical (unpaired) electrons. The van der Waals surface area contributed by atoms with Gasteiger partial charge in [0.15, 0.2) is 0 Å². The average Bonchev–Trinajstić information content (AvgIpc) is 2.57. The summed E-state index contributed by atoms with van der Waals surface area (Å²) in [5.41, 5.74) is 2.45. The van der Waals surface area contributed by atoms with Gasteiger partial charge in [0.05, 0.1) is 0 Å². The number of hydrogen-bond acceptors (Lipinski definition) is 3. The third-order valence-electron chi connectivity index (χ3n) is 4.81. The minimum atomic E-state index is 0.103. The van der Waals surface area contributed by atoms with Gasteiger partial charge in [-0.05, 0) is 11.1 Å². The number of thioether (sulfide) groups is 1. The molecule has 4 rings (SSSR count). The summed E-state index contributed by atoms with van der Waals surface area (Å²) in [5.74, 6) is 2.52. The van der Waals surface area contributed by atoms with Gasteiger partial charge in [0.1, 0.15) is 5.78 Å². The van der Waals surface area contributed by atoms with Crippen LogP contribution in [0.15, 0.2) is 60.7 Å². The molecule has 0 aliphatic carbocycles. The summed E-state index contributed by atoms with van der Waals surface area (Å²) >= 11 is 1.93. The first-order valence-corrected chi connectivity index (χ1v) is 8.97. The van der Waals surface area contributed by atoms with E-state index >= 15 is 0 Å². The smallest absolute Gasteiger partial charge is 0.144 e. The molecule has 3 heteroatoms. The van der Waals surface area contributed by atoms with E-state index in [1.54, 1.807) is 0 Å². The van der Waals surface area contributed by atoms with Crippen LogP contribution in [-0.2, 0) is 4.79 Å². The lowest BCUT2D eigenvalue weighted by molar-refractivity contribution is -0.130. The summed E-state index contributed by atoms with van der Waals surface area (Å²) in [5, 5.41) is 3.78. The van der Waals surface area contributed by atoms with Crippen LogP contribution in [-0.4, -0.2) is 17.3 Å². The summed E-state index contributed by atoms with van der Waals surface area (Å²) < 4.78 is 0. The van der Waals surface area contributed by atoms with E-state index in [0.29, 0.717) is 5.78 Å². The fraction of sp³-hybridized carbons (Fsp3) is 0.316. The topological polar surface area (TPSA) is 29.1 Å². The van der Waals surface area contributed by atoms with Gasteiger partial charge in [0.2, 0.25) is 0 Å². The highest BCUT2D eigenvalue weighted by molar-refractivity contribution is 7.99. The summed E-state index contributed by atoms with van der Waals surface area (Å²) in [7, 11) is 0. The Kier molecular flexibility index (Phi) is 3.77. The van der Waals surface area contributed by atoms with E-state index in [4.69, 9.17) is 0 Å². The fourth-order valence-corrected chi connectivity index (χ4v) is 5.04. The van der Waals surface area contributed by atoms with Gasteiger partial charge in [-0.3, -0.25) is 4.79 Å². The van der Waals surface area contributed by atoms with Crippen LogP contribution in [0.5, 0.6) is 0 Å². The van der Waals surface area contributed by atoms with Crippen LogP contribution in [0.4, 0.5) is 0 Å². The lowest BCUT2D eigenvalue weighted by atomic mass is 9.75. The molecule has 1 N–H and O–H groups in total. The Labute approximate surface area is 135 Å². The first-order chi connectivity index (χ1) is 10.8. The Bertz CT molecular complexity index is 602. The van der Waals surface area contributed by atoms with Crippen molar-refractivity contribution in [2.45, 2.75) is 12.1 Å². The van der Waals surface area contributed by atoms with Crippen LogP contribution >= 0.6 is 11.8 Å². The molecule has 2 aromatic rings. The van der Waals surface area contributed by atoms with Crippen LogP contribution in [0.3, 0.4) is 0 Å². The minimum absolute atomic E-state index is 0.103. The van der Waals surface area contributed by atoms with Crippen molar-refractivity contribution in [1.29, 1.82) is 0 Å². The van der Waals surface area contributed by atoms with E-state index in [1.165, 1.54) is 11.1 Å². The molecule has 112 valence electrons. The summed E-state index contributed by atoms with van der Waals surface area (Å²) in [6.45, 7) is 0. The Morgan fingerprint density at radius 1 is 0.773 bits per heavy atom. The van der Waals surface area contributed by atoms with E-state index in [0.717, 1.165) is 11.5 Å². The van der Waals surface area contributed by atoms with Crippen molar-refractivity contribution < 1.29 is 4.79 Å². The average molecular weight is 309 g/mol. The molecular weight excluding hydrogens is 290 g/mol. The molecule has 2 bridgehead atoms. The number of ketones is 1. The molecule has 2 aliphatic heterocycles. The van der Waals surface area contributed by atoms with Gasteiger partial charge in [0, 0.05) is 35.4 Å². The Morgan fingerprint density at radius 2 is 1.23 bits per heavy atom. The number of piperidine rings is 1. The first kappa shape index (κ1) is 14.0. The lowest BCUT2D eigenvalue weighted by Crippen LogP contribution is -2.52. The van der Waals surface area contributed by atoms with Crippen molar-refractivity contribution in [3.8, 4) is 0 Å². The van der Waals surface area contributed by atoms with Gasteiger partial charge in [-0.15, -0.1) is 0 Å². The zero-order chi connectivity index (χ0) is 14.9. The van der Waals surface area contributed by atoms with Crippen LogP contribution in [0.2, 0.25) is 0 Å². The van der Waals surface area contributed by atoms with Crippen LogP contribution in [0.1, 0.15) is 23.2 Å². The van der Waals surface area contributed by atoms with E-state index in [1.807, 2.05) is 23.9 Å². The zero-order valence-electron chi connectivity index (χ0n) is 12.3. The normalized spacial score (nSPS) is 31.0. The molecule has 2 heterocycles. The maximum atomic E-state index is 12.9. The van der Waals surface area contributed by atoms with Crippen molar-refractivity contribution >= 4 is 17.5 Å². The van der Waals surface area contributed by atoms with E-state index in [9.17, 15) is 4.79 Å². The maximum absolute atomic E-state index is 12.9.